The molecule has 4 heterocycles. The van der Waals surface area contributed by atoms with Crippen molar-refractivity contribution in [3.8, 4) is 6.07 Å². The van der Waals surface area contributed by atoms with Crippen molar-refractivity contribution in [3.63, 3.8) is 0 Å². The van der Waals surface area contributed by atoms with Crippen LogP contribution in [0, 0.1) is 11.3 Å². The van der Waals surface area contributed by atoms with Crippen LogP contribution < -0.4 is 5.32 Å². The van der Waals surface area contributed by atoms with Crippen LogP contribution in [0.15, 0.2) is 28.5 Å². The van der Waals surface area contributed by atoms with Crippen LogP contribution in [0.5, 0.6) is 0 Å². The van der Waals surface area contributed by atoms with E-state index in [4.69, 9.17) is 11.6 Å². The predicted octanol–water partition coefficient (Wildman–Crippen LogP) is 2.85. The number of sulfone groups is 1. The summed E-state index contributed by atoms with van der Waals surface area (Å²) in [5.74, 6) is -0.336. The number of rotatable bonds is 6. The molecule has 2 atom stereocenters. The first-order chi connectivity index (χ1) is 18.0. The summed E-state index contributed by atoms with van der Waals surface area (Å²) in [5.41, 5.74) is 0.590. The van der Waals surface area contributed by atoms with Gasteiger partial charge in [-0.3, -0.25) is 10.1 Å². The lowest BCUT2D eigenvalue weighted by Gasteiger charge is -2.40. The van der Waals surface area contributed by atoms with Crippen molar-refractivity contribution < 1.29 is 21.6 Å². The number of benzene rings is 1. The maximum absolute atomic E-state index is 13.5. The van der Waals surface area contributed by atoms with E-state index in [0.29, 0.717) is 23.7 Å². The highest BCUT2D eigenvalue weighted by molar-refractivity contribution is 7.91. The van der Waals surface area contributed by atoms with Gasteiger partial charge in [-0.05, 0) is 30.0 Å². The molecule has 3 aromatic rings. The molecule has 202 valence electrons. The lowest BCUT2D eigenvalue weighted by Crippen LogP contribution is -2.56. The molecule has 0 radical (unpaired) electrons. The van der Waals surface area contributed by atoms with E-state index in [1.165, 1.54) is 15.6 Å². The SMILES string of the molecule is CS(=O)(=O)C1Cc2nc(C(=O)N3CCN(S(=O)(=O)c4cc5ccc(Cl)cc5s4)CC3CCC#N)sc2CN1. The predicted molar refractivity (Wildman–Crippen MR) is 147 cm³/mol. The van der Waals surface area contributed by atoms with Crippen molar-refractivity contribution in [1.82, 2.24) is 19.5 Å². The van der Waals surface area contributed by atoms with Crippen molar-refractivity contribution in [2.75, 3.05) is 25.9 Å². The third-order valence-corrected chi connectivity index (χ3v) is 12.8. The van der Waals surface area contributed by atoms with E-state index < -0.39 is 31.3 Å². The van der Waals surface area contributed by atoms with Gasteiger partial charge in [-0.2, -0.15) is 9.57 Å². The molecule has 5 rings (SSSR count). The molecule has 1 fully saturated rings. The van der Waals surface area contributed by atoms with Gasteiger partial charge in [-0.15, -0.1) is 22.7 Å². The van der Waals surface area contributed by atoms with Crippen molar-refractivity contribution >= 4 is 70.1 Å². The number of sulfonamides is 1. The van der Waals surface area contributed by atoms with Crippen LogP contribution in [0.2, 0.25) is 5.02 Å². The second kappa shape index (κ2) is 10.5. The molecule has 10 nitrogen and oxygen atoms in total. The van der Waals surface area contributed by atoms with Gasteiger partial charge < -0.3 is 4.90 Å². The van der Waals surface area contributed by atoms with Gasteiger partial charge in [0.05, 0.1) is 11.8 Å². The van der Waals surface area contributed by atoms with Crippen LogP contribution in [-0.4, -0.2) is 74.2 Å². The molecule has 0 aliphatic carbocycles. The van der Waals surface area contributed by atoms with E-state index in [9.17, 15) is 26.9 Å². The van der Waals surface area contributed by atoms with Crippen LogP contribution in [0.3, 0.4) is 0 Å². The topological polar surface area (TPSA) is 141 Å². The van der Waals surface area contributed by atoms with E-state index in [2.05, 4.69) is 16.4 Å². The first kappa shape index (κ1) is 27.4. The average Bonchev–Trinajstić information content (AvgIpc) is 3.50. The number of aromatic nitrogens is 1. The Bertz CT molecular complexity index is 1660. The summed E-state index contributed by atoms with van der Waals surface area (Å²) in [6.07, 6.45) is 1.83. The number of hydrogen-bond donors (Lipinski definition) is 1. The zero-order chi connectivity index (χ0) is 27.2. The molecule has 2 aliphatic heterocycles. The first-order valence-corrected chi connectivity index (χ1v) is 17.2. The van der Waals surface area contributed by atoms with Crippen LogP contribution in [0.25, 0.3) is 10.1 Å². The average molecular weight is 614 g/mol. The fraction of sp³-hybridized carbons (Fsp3) is 0.435. The van der Waals surface area contributed by atoms with Gasteiger partial charge in [0, 0.05) is 65.9 Å². The van der Waals surface area contributed by atoms with Gasteiger partial charge in [0.25, 0.3) is 15.9 Å². The first-order valence-electron chi connectivity index (χ1n) is 11.8. The normalized spacial score (nSPS) is 20.8. The number of halogens is 1. The number of carbonyl (C=O) groups is 1. The molecule has 1 aromatic carbocycles. The monoisotopic (exact) mass is 613 g/mol. The molecule has 38 heavy (non-hydrogen) atoms. The van der Waals surface area contributed by atoms with E-state index in [1.807, 2.05) is 0 Å². The molecular weight excluding hydrogens is 590 g/mol. The number of nitrogens with zero attached hydrogens (tertiary/aromatic N) is 4. The van der Waals surface area contributed by atoms with Crippen molar-refractivity contribution in [1.29, 1.82) is 5.26 Å². The lowest BCUT2D eigenvalue weighted by molar-refractivity contribution is 0.0553. The highest BCUT2D eigenvalue weighted by Crippen LogP contribution is 2.34. The molecule has 1 saturated heterocycles. The number of nitriles is 1. The molecule has 2 aliphatic rings. The van der Waals surface area contributed by atoms with Crippen LogP contribution in [0.1, 0.15) is 33.2 Å². The molecule has 1 amide bonds. The Hall–Kier alpha value is -2.12. The number of thiophene rings is 1. The molecule has 0 saturated carbocycles. The summed E-state index contributed by atoms with van der Waals surface area (Å²) in [5, 5.41) is 13.0. The minimum absolute atomic E-state index is 0.0630. The van der Waals surface area contributed by atoms with Gasteiger partial charge in [-0.25, -0.2) is 21.8 Å². The molecule has 0 spiro atoms. The number of piperazine rings is 1. The Kier molecular flexibility index (Phi) is 7.55. The third kappa shape index (κ3) is 5.33. The van der Waals surface area contributed by atoms with Crippen LogP contribution in [0.4, 0.5) is 0 Å². The Labute approximate surface area is 233 Å². The van der Waals surface area contributed by atoms with Gasteiger partial charge in [0.15, 0.2) is 14.8 Å². The van der Waals surface area contributed by atoms with Crippen molar-refractivity contribution in [2.24, 2.45) is 0 Å². The smallest absolute Gasteiger partial charge is 0.283 e. The maximum Gasteiger partial charge on any atom is 0.283 e. The molecule has 15 heteroatoms. The molecular formula is C23H24ClN5O5S4. The fourth-order valence-electron chi connectivity index (χ4n) is 4.68. The summed E-state index contributed by atoms with van der Waals surface area (Å²) in [6, 6.07) is 8.43. The van der Waals surface area contributed by atoms with E-state index in [0.717, 1.165) is 32.6 Å². The molecule has 2 aromatic heterocycles. The van der Waals surface area contributed by atoms with Crippen LogP contribution in [-0.2, 0) is 32.8 Å². The number of hydrogen-bond acceptors (Lipinski definition) is 10. The number of amides is 1. The summed E-state index contributed by atoms with van der Waals surface area (Å²) < 4.78 is 53.3. The summed E-state index contributed by atoms with van der Waals surface area (Å²) in [7, 11) is -7.13. The second-order valence-corrected chi connectivity index (χ2v) is 16.2. The Morgan fingerprint density at radius 3 is 2.76 bits per heavy atom. The van der Waals surface area contributed by atoms with Gasteiger partial charge in [0.1, 0.15) is 9.58 Å². The Morgan fingerprint density at radius 2 is 2.03 bits per heavy atom. The lowest BCUT2D eigenvalue weighted by atomic mass is 10.1. The van der Waals surface area contributed by atoms with Gasteiger partial charge >= 0.3 is 0 Å². The molecule has 0 bridgehead atoms. The van der Waals surface area contributed by atoms with Gasteiger partial charge in [-0.1, -0.05) is 17.7 Å². The molecule has 2 unspecified atom stereocenters. The fourth-order valence-corrected chi connectivity index (χ4v) is 9.82. The maximum atomic E-state index is 13.5. The minimum atomic E-state index is -3.82. The zero-order valence-electron chi connectivity index (χ0n) is 20.3. The minimum Gasteiger partial charge on any atom is -0.331 e. The Balaban J connectivity index is 1.37. The summed E-state index contributed by atoms with van der Waals surface area (Å²) >= 11 is 8.43. The van der Waals surface area contributed by atoms with E-state index in [-0.39, 0.29) is 47.6 Å². The number of thiazole rings is 1. The summed E-state index contributed by atoms with van der Waals surface area (Å²) in [6.45, 7) is 0.629. The third-order valence-electron chi connectivity index (χ3n) is 6.70. The van der Waals surface area contributed by atoms with Crippen LogP contribution >= 0.6 is 34.3 Å². The zero-order valence-corrected chi connectivity index (χ0v) is 24.3. The molecule has 1 N–H and O–H groups in total. The Morgan fingerprint density at radius 1 is 1.24 bits per heavy atom. The summed E-state index contributed by atoms with van der Waals surface area (Å²) in [4.78, 5) is 20.4. The van der Waals surface area contributed by atoms with Gasteiger partial charge in [0.2, 0.25) is 0 Å². The highest BCUT2D eigenvalue weighted by Gasteiger charge is 2.38. The van der Waals surface area contributed by atoms with Crippen molar-refractivity contribution in [3.05, 3.63) is 44.9 Å². The van der Waals surface area contributed by atoms with E-state index >= 15 is 0 Å². The number of carbonyl (C=O) groups excluding carboxylic acids is 1. The van der Waals surface area contributed by atoms with Crippen molar-refractivity contribution in [2.45, 2.75) is 41.4 Å². The standard InChI is InChI=1S/C23H24ClN5O5S4/c1-37(31,32)20-11-17-19(12-26-20)36-22(27-17)23(30)29-8-7-28(13-16(29)3-2-6-25)38(33,34)21-9-14-4-5-15(24)10-18(14)35-21/h4-5,9-10,16,20,26H,2-3,7-8,11-13H2,1H3. The quantitative estimate of drug-likeness (QED) is 0.447. The highest BCUT2D eigenvalue weighted by atomic mass is 35.5. The second-order valence-electron chi connectivity index (χ2n) is 9.25. The largest absolute Gasteiger partial charge is 0.331 e. The number of nitrogens with one attached hydrogen (secondary N) is 1. The van der Waals surface area contributed by atoms with E-state index in [1.54, 1.807) is 29.2 Å². The number of fused-ring (bicyclic) bond motifs is 2.